The maximum atomic E-state index is 12.6. The average Bonchev–Trinajstić information content (AvgIpc) is 2.90. The molecule has 19 heavy (non-hydrogen) atoms. The Balaban J connectivity index is 1.83. The minimum Gasteiger partial charge on any atom is -0.376 e. The number of carbonyl (C=O) groups excluding carboxylic acids is 1. The van der Waals surface area contributed by atoms with Crippen molar-refractivity contribution in [2.24, 2.45) is 0 Å². The second-order valence-electron chi connectivity index (χ2n) is 4.65. The summed E-state index contributed by atoms with van der Waals surface area (Å²) in [6.07, 6.45) is 0. The van der Waals surface area contributed by atoms with Gasteiger partial charge < -0.3 is 9.64 Å². The normalized spacial score (nSPS) is 25.7. The summed E-state index contributed by atoms with van der Waals surface area (Å²) in [6, 6.07) is 9.73. The molecule has 2 atom stereocenters. The van der Waals surface area contributed by atoms with E-state index >= 15 is 0 Å². The number of hydrogen-bond acceptors (Lipinski definition) is 4. The van der Waals surface area contributed by atoms with Crippen molar-refractivity contribution in [2.75, 3.05) is 25.5 Å². The third-order valence-electron chi connectivity index (χ3n) is 3.56. The minimum absolute atomic E-state index is 0.0623. The van der Waals surface area contributed by atoms with E-state index in [4.69, 9.17) is 10.00 Å². The summed E-state index contributed by atoms with van der Waals surface area (Å²) in [5.74, 6) is 0.718. The van der Waals surface area contributed by atoms with Gasteiger partial charge in [0.05, 0.1) is 25.2 Å². The van der Waals surface area contributed by atoms with Crippen molar-refractivity contribution in [3.63, 3.8) is 0 Å². The second-order valence-corrected chi connectivity index (χ2v) is 5.71. The zero-order valence-electron chi connectivity index (χ0n) is 10.4. The maximum Gasteiger partial charge on any atom is 0.232 e. The number of thioether (sulfide) groups is 1. The molecule has 3 rings (SSSR count). The second kappa shape index (κ2) is 5.24. The number of fused-ring (bicyclic) bond motifs is 1. The van der Waals surface area contributed by atoms with E-state index in [0.717, 1.165) is 11.3 Å². The highest BCUT2D eigenvalue weighted by atomic mass is 32.2. The first kappa shape index (κ1) is 12.5. The molecule has 0 spiro atoms. The highest BCUT2D eigenvalue weighted by Gasteiger charge is 2.36. The molecule has 1 aromatic rings. The largest absolute Gasteiger partial charge is 0.376 e. The van der Waals surface area contributed by atoms with Gasteiger partial charge in [0.1, 0.15) is 6.04 Å². The Morgan fingerprint density at radius 1 is 1.47 bits per heavy atom. The zero-order chi connectivity index (χ0) is 13.2. The molecule has 2 unspecified atom stereocenters. The van der Waals surface area contributed by atoms with Crippen molar-refractivity contribution in [1.29, 1.82) is 5.26 Å². The molecule has 1 aromatic carbocycles. The predicted octanol–water partition coefficient (Wildman–Crippen LogP) is 1.63. The Bertz CT molecular complexity index is 540. The minimum atomic E-state index is -0.445. The van der Waals surface area contributed by atoms with Crippen LogP contribution in [0.3, 0.4) is 0 Å². The fourth-order valence-corrected chi connectivity index (χ4v) is 3.76. The lowest BCUT2D eigenvalue weighted by Gasteiger charge is -2.33. The van der Waals surface area contributed by atoms with Gasteiger partial charge in [-0.15, -0.1) is 11.8 Å². The lowest BCUT2D eigenvalue weighted by molar-refractivity contribution is -0.138. The van der Waals surface area contributed by atoms with E-state index in [2.05, 4.69) is 6.07 Å². The van der Waals surface area contributed by atoms with Crippen molar-refractivity contribution >= 4 is 17.7 Å². The Labute approximate surface area is 116 Å². The van der Waals surface area contributed by atoms with Crippen LogP contribution in [0.25, 0.3) is 0 Å². The van der Waals surface area contributed by atoms with Gasteiger partial charge in [0.25, 0.3) is 0 Å². The molecular weight excluding hydrogens is 260 g/mol. The third kappa shape index (κ3) is 2.22. The quantitative estimate of drug-likeness (QED) is 0.781. The first-order chi connectivity index (χ1) is 9.31. The molecule has 2 aliphatic heterocycles. The predicted molar refractivity (Wildman–Crippen MR) is 71.8 cm³/mol. The summed E-state index contributed by atoms with van der Waals surface area (Å²) in [6.45, 7) is 1.36. The number of ether oxygens (including phenoxy) is 1. The molecule has 0 bridgehead atoms. The number of carbonyl (C=O) groups is 1. The summed E-state index contributed by atoms with van der Waals surface area (Å²) in [5, 5.41) is 9.12. The molecule has 1 amide bonds. The van der Waals surface area contributed by atoms with Gasteiger partial charge in [0, 0.05) is 17.2 Å². The molecule has 1 saturated heterocycles. The summed E-state index contributed by atoms with van der Waals surface area (Å²) >= 11 is 1.72. The van der Waals surface area contributed by atoms with Crippen LogP contribution in [0.5, 0.6) is 0 Å². The van der Waals surface area contributed by atoms with Gasteiger partial charge in [-0.1, -0.05) is 18.2 Å². The van der Waals surface area contributed by atoms with E-state index in [1.807, 2.05) is 24.3 Å². The van der Waals surface area contributed by atoms with Crippen molar-refractivity contribution in [3.8, 4) is 6.07 Å². The number of amides is 1. The van der Waals surface area contributed by atoms with Crippen molar-refractivity contribution < 1.29 is 9.53 Å². The van der Waals surface area contributed by atoms with E-state index in [0.29, 0.717) is 19.8 Å². The molecule has 0 aliphatic carbocycles. The Morgan fingerprint density at radius 2 is 2.32 bits per heavy atom. The maximum absolute atomic E-state index is 12.6. The molecule has 0 N–H and O–H groups in total. The molecule has 5 heteroatoms. The highest BCUT2D eigenvalue weighted by molar-refractivity contribution is 7.99. The molecular formula is C14H14N2O2S. The SMILES string of the molecule is N#CC1COCCN1C(=O)C1CSc2ccccc21. The molecule has 0 saturated carbocycles. The average molecular weight is 274 g/mol. The van der Waals surface area contributed by atoms with E-state index in [9.17, 15) is 4.79 Å². The Kier molecular flexibility index (Phi) is 3.45. The number of nitriles is 1. The molecule has 98 valence electrons. The molecule has 0 radical (unpaired) electrons. The van der Waals surface area contributed by atoms with E-state index < -0.39 is 6.04 Å². The fourth-order valence-electron chi connectivity index (χ4n) is 2.54. The first-order valence-electron chi connectivity index (χ1n) is 6.31. The van der Waals surface area contributed by atoms with Crippen molar-refractivity contribution in [2.45, 2.75) is 16.9 Å². The van der Waals surface area contributed by atoms with Gasteiger partial charge in [0.2, 0.25) is 5.91 Å². The van der Waals surface area contributed by atoms with Crippen LogP contribution in [0, 0.1) is 11.3 Å². The Hall–Kier alpha value is -1.51. The van der Waals surface area contributed by atoms with Gasteiger partial charge in [0.15, 0.2) is 0 Å². The van der Waals surface area contributed by atoms with E-state index in [-0.39, 0.29) is 11.8 Å². The van der Waals surface area contributed by atoms with Crippen molar-refractivity contribution in [1.82, 2.24) is 4.90 Å². The molecule has 2 heterocycles. The molecule has 1 fully saturated rings. The topological polar surface area (TPSA) is 53.3 Å². The molecule has 0 aromatic heterocycles. The molecule has 2 aliphatic rings. The smallest absolute Gasteiger partial charge is 0.232 e. The van der Waals surface area contributed by atoms with Crippen LogP contribution in [0.15, 0.2) is 29.2 Å². The Morgan fingerprint density at radius 3 is 3.16 bits per heavy atom. The van der Waals surface area contributed by atoms with Crippen LogP contribution in [0.2, 0.25) is 0 Å². The number of morpholine rings is 1. The number of benzene rings is 1. The number of nitrogens with zero attached hydrogens (tertiary/aromatic N) is 2. The third-order valence-corrected chi connectivity index (χ3v) is 4.74. The van der Waals surface area contributed by atoms with Gasteiger partial charge in [-0.3, -0.25) is 4.79 Å². The summed E-state index contributed by atoms with van der Waals surface area (Å²) in [5.41, 5.74) is 1.10. The van der Waals surface area contributed by atoms with E-state index in [1.54, 1.807) is 16.7 Å². The highest BCUT2D eigenvalue weighted by Crippen LogP contribution is 2.40. The monoisotopic (exact) mass is 274 g/mol. The summed E-state index contributed by atoms with van der Waals surface area (Å²) in [7, 11) is 0. The van der Waals surface area contributed by atoms with Gasteiger partial charge >= 0.3 is 0 Å². The van der Waals surface area contributed by atoms with Crippen LogP contribution >= 0.6 is 11.8 Å². The van der Waals surface area contributed by atoms with Gasteiger partial charge in [-0.05, 0) is 11.6 Å². The van der Waals surface area contributed by atoms with Crippen molar-refractivity contribution in [3.05, 3.63) is 29.8 Å². The lowest BCUT2D eigenvalue weighted by Crippen LogP contribution is -2.49. The standard InChI is InChI=1S/C14H14N2O2S/c15-7-10-8-18-6-5-16(10)14(17)12-9-19-13-4-2-1-3-11(12)13/h1-4,10,12H,5-6,8-9H2. The van der Waals surface area contributed by atoms with Crippen LogP contribution < -0.4 is 0 Å². The summed E-state index contributed by atoms with van der Waals surface area (Å²) in [4.78, 5) is 15.5. The van der Waals surface area contributed by atoms with E-state index in [1.165, 1.54) is 4.90 Å². The van der Waals surface area contributed by atoms with Crippen LogP contribution in [-0.2, 0) is 9.53 Å². The fraction of sp³-hybridized carbons (Fsp3) is 0.429. The summed E-state index contributed by atoms with van der Waals surface area (Å²) < 4.78 is 5.26. The van der Waals surface area contributed by atoms with Crippen LogP contribution in [0.4, 0.5) is 0 Å². The van der Waals surface area contributed by atoms with Gasteiger partial charge in [-0.25, -0.2) is 0 Å². The number of rotatable bonds is 1. The molecule has 4 nitrogen and oxygen atoms in total. The number of hydrogen-bond donors (Lipinski definition) is 0. The lowest BCUT2D eigenvalue weighted by atomic mass is 9.99. The zero-order valence-corrected chi connectivity index (χ0v) is 11.2. The first-order valence-corrected chi connectivity index (χ1v) is 7.29. The van der Waals surface area contributed by atoms with Crippen LogP contribution in [0.1, 0.15) is 11.5 Å². The van der Waals surface area contributed by atoms with Crippen LogP contribution in [-0.4, -0.2) is 42.4 Å². The van der Waals surface area contributed by atoms with Gasteiger partial charge in [-0.2, -0.15) is 5.26 Å².